The van der Waals surface area contributed by atoms with E-state index < -0.39 is 15.7 Å². The van der Waals surface area contributed by atoms with Gasteiger partial charge in [-0.3, -0.25) is 0 Å². The first-order valence-corrected chi connectivity index (χ1v) is 27.4. The molecule has 0 fully saturated rings. The molecular formula is C33H28Cl2Hf. The van der Waals surface area contributed by atoms with Crippen molar-refractivity contribution in [3.8, 4) is 22.3 Å². The van der Waals surface area contributed by atoms with E-state index in [1.807, 2.05) is 0 Å². The van der Waals surface area contributed by atoms with Crippen molar-refractivity contribution in [3.05, 3.63) is 131 Å². The van der Waals surface area contributed by atoms with Crippen LogP contribution >= 0.6 is 17.2 Å². The van der Waals surface area contributed by atoms with Crippen LogP contribution in [-0.2, 0) is 15.7 Å². The van der Waals surface area contributed by atoms with Gasteiger partial charge >= 0.3 is 223 Å². The van der Waals surface area contributed by atoms with Gasteiger partial charge in [-0.05, 0) is 0 Å². The summed E-state index contributed by atoms with van der Waals surface area (Å²) in [5, 5.41) is 0. The molecule has 2 aliphatic rings. The van der Waals surface area contributed by atoms with Crippen molar-refractivity contribution in [1.29, 1.82) is 0 Å². The second-order valence-corrected chi connectivity index (χ2v) is 41.4. The van der Waals surface area contributed by atoms with Crippen LogP contribution in [-0.4, -0.2) is 3.26 Å². The van der Waals surface area contributed by atoms with Gasteiger partial charge in [0.25, 0.3) is 0 Å². The van der Waals surface area contributed by atoms with Crippen molar-refractivity contribution in [2.24, 2.45) is 0 Å². The summed E-state index contributed by atoms with van der Waals surface area (Å²) in [7, 11) is 16.1. The third kappa shape index (κ3) is 3.55. The van der Waals surface area contributed by atoms with Crippen LogP contribution in [0.15, 0.2) is 109 Å². The Morgan fingerprint density at radius 2 is 0.972 bits per heavy atom. The molecule has 0 saturated heterocycles. The van der Waals surface area contributed by atoms with Crippen LogP contribution in [0.5, 0.6) is 0 Å². The molecule has 0 bridgehead atoms. The molecule has 0 radical (unpaired) electrons. The van der Waals surface area contributed by atoms with Crippen molar-refractivity contribution >= 4 is 32.6 Å². The van der Waals surface area contributed by atoms with E-state index in [4.69, 9.17) is 17.2 Å². The Bertz CT molecular complexity index is 1490. The Hall–Kier alpha value is -2.32. The summed E-state index contributed by atoms with van der Waals surface area (Å²) < 4.78 is 1.25. The number of benzene rings is 4. The molecule has 4 aromatic rings. The quantitative estimate of drug-likeness (QED) is 0.189. The SMILES string of the molecule is C[C](C)=[Hf]([Cl])([Cl])([CH]1C=Cc2c(-c3ccccc3)cccc21)[CH]1C=Cc2c(-c3ccccc3)cccc21. The molecule has 2 unspecified atom stereocenters. The molecular weight excluding hydrogens is 646 g/mol. The molecule has 2 aliphatic carbocycles. The maximum atomic E-state index is 8.04. The maximum absolute atomic E-state index is 8.04. The fourth-order valence-corrected chi connectivity index (χ4v) is 27.4. The molecule has 2 atom stereocenters. The summed E-state index contributed by atoms with van der Waals surface area (Å²) in [6.45, 7) is 4.32. The number of fused-ring (bicyclic) bond motifs is 2. The normalized spacial score (nSPS) is 18.2. The van der Waals surface area contributed by atoms with E-state index in [0.29, 0.717) is 0 Å². The number of allylic oxidation sites excluding steroid dienone is 2. The van der Waals surface area contributed by atoms with Crippen molar-refractivity contribution in [3.63, 3.8) is 0 Å². The fourth-order valence-electron chi connectivity index (χ4n) is 6.15. The average molecular weight is 674 g/mol. The Balaban J connectivity index is 1.52. The molecule has 4 aromatic carbocycles. The molecule has 0 aliphatic heterocycles. The van der Waals surface area contributed by atoms with E-state index in [1.54, 1.807) is 0 Å². The summed E-state index contributed by atoms with van der Waals surface area (Å²) >= 11 is -4.86. The zero-order valence-electron chi connectivity index (χ0n) is 20.5. The first-order valence-electron chi connectivity index (χ1n) is 12.5. The minimum absolute atomic E-state index is 0.0231. The Morgan fingerprint density at radius 3 is 1.36 bits per heavy atom. The summed E-state index contributed by atoms with van der Waals surface area (Å²) in [6, 6.07) is 34.3. The second-order valence-electron chi connectivity index (χ2n) is 10.2. The van der Waals surface area contributed by atoms with E-state index in [1.165, 1.54) is 47.8 Å². The second kappa shape index (κ2) is 8.91. The topological polar surface area (TPSA) is 0 Å². The third-order valence-corrected chi connectivity index (χ3v) is 40.7. The van der Waals surface area contributed by atoms with Crippen molar-refractivity contribution in [1.82, 2.24) is 0 Å². The number of hydrogen-bond acceptors (Lipinski definition) is 0. The Morgan fingerprint density at radius 1 is 0.556 bits per heavy atom. The summed E-state index contributed by atoms with van der Waals surface area (Å²) in [4.78, 5) is 0. The van der Waals surface area contributed by atoms with E-state index in [0.717, 1.165) is 0 Å². The predicted octanol–water partition coefficient (Wildman–Crippen LogP) is 10.1. The Kier molecular flexibility index (Phi) is 5.95. The fraction of sp³-hybridized carbons (Fsp3) is 0.121. The van der Waals surface area contributed by atoms with Gasteiger partial charge in [-0.1, -0.05) is 0 Å². The van der Waals surface area contributed by atoms with Crippen molar-refractivity contribution < 1.29 is 15.7 Å². The van der Waals surface area contributed by atoms with E-state index in [-0.39, 0.29) is 7.35 Å². The summed E-state index contributed by atoms with van der Waals surface area (Å²) in [6.07, 6.45) is 9.11. The predicted molar refractivity (Wildman–Crippen MR) is 155 cm³/mol. The van der Waals surface area contributed by atoms with Gasteiger partial charge in [-0.2, -0.15) is 0 Å². The molecule has 178 valence electrons. The molecule has 0 amide bonds. The van der Waals surface area contributed by atoms with Crippen LogP contribution in [0.2, 0.25) is 0 Å². The first kappa shape index (κ1) is 24.0. The van der Waals surface area contributed by atoms with E-state index in [9.17, 15) is 0 Å². The molecule has 0 aromatic heterocycles. The number of halogens is 2. The van der Waals surface area contributed by atoms with Crippen LogP contribution in [0, 0.1) is 0 Å². The van der Waals surface area contributed by atoms with E-state index >= 15 is 0 Å². The molecule has 0 nitrogen and oxygen atoms in total. The van der Waals surface area contributed by atoms with Crippen LogP contribution in [0.1, 0.15) is 43.5 Å². The van der Waals surface area contributed by atoms with Gasteiger partial charge in [0.2, 0.25) is 0 Å². The molecule has 0 saturated carbocycles. The Labute approximate surface area is 221 Å². The average Bonchev–Trinajstić information content (AvgIpc) is 3.55. The van der Waals surface area contributed by atoms with Gasteiger partial charge < -0.3 is 0 Å². The molecule has 0 spiro atoms. The summed E-state index contributed by atoms with van der Waals surface area (Å²) in [5.74, 6) is 0. The molecule has 0 N–H and O–H groups in total. The van der Waals surface area contributed by atoms with Crippen molar-refractivity contribution in [2.45, 2.75) is 21.2 Å². The van der Waals surface area contributed by atoms with Gasteiger partial charge in [0, 0.05) is 0 Å². The van der Waals surface area contributed by atoms with Gasteiger partial charge in [-0.15, -0.1) is 0 Å². The standard InChI is InChI=1S/2C15H11.C3H6.2ClH.Hf/c2*1-2-6-12(7-3-1)14-10-4-8-13-9-5-11-15(13)14;1-3-2;;;/h2*1-11H;1-2H3;2*1H;/q;;;;;+2/p-2. The van der Waals surface area contributed by atoms with Gasteiger partial charge in [-0.25, -0.2) is 0 Å². The molecule has 36 heavy (non-hydrogen) atoms. The molecule has 3 heteroatoms. The number of hydrogen-bond donors (Lipinski definition) is 0. The zero-order chi connectivity index (χ0) is 24.9. The number of rotatable bonds is 4. The van der Waals surface area contributed by atoms with Crippen LogP contribution in [0.3, 0.4) is 0 Å². The van der Waals surface area contributed by atoms with Gasteiger partial charge in [0.15, 0.2) is 0 Å². The minimum atomic E-state index is -4.86. The summed E-state index contributed by atoms with van der Waals surface area (Å²) in [5.41, 5.74) is 9.94. The van der Waals surface area contributed by atoms with Gasteiger partial charge in [0.1, 0.15) is 0 Å². The first-order chi connectivity index (χ1) is 17.4. The third-order valence-electron chi connectivity index (χ3n) is 8.13. The molecule has 6 rings (SSSR count). The van der Waals surface area contributed by atoms with Crippen LogP contribution in [0.25, 0.3) is 34.4 Å². The van der Waals surface area contributed by atoms with E-state index in [2.05, 4.69) is 135 Å². The monoisotopic (exact) mass is 674 g/mol. The van der Waals surface area contributed by atoms with Crippen molar-refractivity contribution in [2.75, 3.05) is 0 Å². The van der Waals surface area contributed by atoms with Crippen LogP contribution in [0.4, 0.5) is 0 Å². The zero-order valence-corrected chi connectivity index (χ0v) is 25.6. The van der Waals surface area contributed by atoms with Gasteiger partial charge in [0.05, 0.1) is 0 Å². The van der Waals surface area contributed by atoms with Crippen LogP contribution < -0.4 is 0 Å². The molecule has 0 heterocycles.